The molecule has 2 heterocycles. The molecule has 1 aromatic heterocycles. The first-order chi connectivity index (χ1) is 20.8. The summed E-state index contributed by atoms with van der Waals surface area (Å²) in [5, 5.41) is 20.0. The highest BCUT2D eigenvalue weighted by Crippen LogP contribution is 2.45. The van der Waals surface area contributed by atoms with Crippen molar-refractivity contribution in [3.8, 4) is 11.5 Å². The lowest BCUT2D eigenvalue weighted by atomic mass is 9.95. The van der Waals surface area contributed by atoms with Crippen molar-refractivity contribution in [2.24, 2.45) is 0 Å². The minimum Gasteiger partial charge on any atom is -0.507 e. The zero-order valence-corrected chi connectivity index (χ0v) is 25.1. The first kappa shape index (κ1) is 30.0. The minimum absolute atomic E-state index is 0.0909. The number of anilines is 1. The van der Waals surface area contributed by atoms with Crippen LogP contribution in [-0.2, 0) is 15.3 Å². The van der Waals surface area contributed by atoms with Crippen LogP contribution in [0.3, 0.4) is 0 Å². The normalized spacial score (nSPS) is 16.0. The van der Waals surface area contributed by atoms with Crippen molar-refractivity contribution >= 4 is 45.7 Å². The summed E-state index contributed by atoms with van der Waals surface area (Å²) in [6.07, 6.45) is 1.61. The van der Waals surface area contributed by atoms with Gasteiger partial charge in [-0.3, -0.25) is 14.5 Å². The van der Waals surface area contributed by atoms with Gasteiger partial charge in [-0.15, -0.1) is 10.2 Å². The average molecular weight is 618 g/mol. The molecule has 1 aliphatic heterocycles. The Morgan fingerprint density at radius 2 is 1.86 bits per heavy atom. The molecule has 43 heavy (non-hydrogen) atoms. The Hall–Kier alpha value is -4.48. The number of amides is 1. The van der Waals surface area contributed by atoms with Gasteiger partial charge >= 0.3 is 5.91 Å². The molecule has 0 radical (unpaired) electrons. The van der Waals surface area contributed by atoms with E-state index in [0.717, 1.165) is 16.9 Å². The molecule has 1 saturated heterocycles. The molecule has 1 amide bonds. The molecule has 1 unspecified atom stereocenters. The molecule has 1 aliphatic rings. The monoisotopic (exact) mass is 617 g/mol. The average Bonchev–Trinajstić information content (AvgIpc) is 3.58. The number of ether oxygens (including phenoxy) is 2. The topological polar surface area (TPSA) is 102 Å². The number of hydrogen-bond donors (Lipinski definition) is 1. The van der Waals surface area contributed by atoms with Gasteiger partial charge in [0.25, 0.3) is 5.78 Å². The van der Waals surface area contributed by atoms with Crippen LogP contribution in [0, 0.1) is 12.7 Å². The van der Waals surface area contributed by atoms with Crippen LogP contribution in [0.15, 0.2) is 89.3 Å². The largest absolute Gasteiger partial charge is 0.507 e. The minimum atomic E-state index is -1.04. The summed E-state index contributed by atoms with van der Waals surface area (Å²) in [4.78, 5) is 28.4. The molecule has 3 aromatic carbocycles. The molecule has 0 bridgehead atoms. The highest BCUT2D eigenvalue weighted by molar-refractivity contribution is 8.00. The van der Waals surface area contributed by atoms with Crippen molar-refractivity contribution in [3.05, 3.63) is 113 Å². The van der Waals surface area contributed by atoms with Crippen molar-refractivity contribution in [1.29, 1.82) is 0 Å². The van der Waals surface area contributed by atoms with Crippen LogP contribution in [0.25, 0.3) is 5.76 Å². The fraction of sp³-hybridized carbons (Fsp3) is 0.188. The Balaban J connectivity index is 1.58. The predicted molar refractivity (Wildman–Crippen MR) is 165 cm³/mol. The van der Waals surface area contributed by atoms with Crippen LogP contribution in [0.4, 0.5) is 9.52 Å². The second kappa shape index (κ2) is 13.2. The third kappa shape index (κ3) is 6.32. The molecular weight excluding hydrogens is 590 g/mol. The van der Waals surface area contributed by atoms with E-state index < -0.39 is 17.7 Å². The van der Waals surface area contributed by atoms with E-state index in [1.54, 1.807) is 54.6 Å². The molecule has 220 valence electrons. The van der Waals surface area contributed by atoms with E-state index in [1.165, 1.54) is 22.7 Å². The fourth-order valence-corrected chi connectivity index (χ4v) is 6.41. The van der Waals surface area contributed by atoms with E-state index in [0.29, 0.717) is 44.9 Å². The molecule has 8 nitrogen and oxygen atoms in total. The maximum absolute atomic E-state index is 14.2. The number of Topliss-reactive ketones (excluding diaryl/α,β-unsaturated/α-hetero) is 1. The zero-order chi connectivity index (χ0) is 30.5. The number of carbonyl (C=O) groups is 2. The first-order valence-electron chi connectivity index (χ1n) is 13.4. The molecule has 1 atom stereocenters. The summed E-state index contributed by atoms with van der Waals surface area (Å²) < 4.78 is 26.2. The van der Waals surface area contributed by atoms with Crippen LogP contribution in [0.5, 0.6) is 11.5 Å². The number of aryl methyl sites for hydroxylation is 1. The highest BCUT2D eigenvalue weighted by atomic mass is 32.2. The number of rotatable bonds is 11. The lowest BCUT2D eigenvalue weighted by Gasteiger charge is -2.23. The number of benzene rings is 3. The van der Waals surface area contributed by atoms with Crippen molar-refractivity contribution in [3.63, 3.8) is 0 Å². The van der Waals surface area contributed by atoms with E-state index in [9.17, 15) is 19.1 Å². The Bertz CT molecular complexity index is 1700. The number of carbonyl (C=O) groups excluding carboxylic acids is 2. The van der Waals surface area contributed by atoms with Crippen molar-refractivity contribution in [2.45, 2.75) is 30.0 Å². The van der Waals surface area contributed by atoms with Gasteiger partial charge in [0.1, 0.15) is 18.2 Å². The SMILES string of the molecule is C=CCOc1ccc(C2C(=C(O)c3ccc(C)cc3)C(=O)C(=O)N2c2nnc(SCc3ccccc3F)s2)cc1OCC. The van der Waals surface area contributed by atoms with Gasteiger partial charge in [-0.25, -0.2) is 4.39 Å². The third-order valence-electron chi connectivity index (χ3n) is 6.62. The lowest BCUT2D eigenvalue weighted by Crippen LogP contribution is -2.29. The van der Waals surface area contributed by atoms with Gasteiger partial charge in [-0.1, -0.05) is 89.8 Å². The van der Waals surface area contributed by atoms with Crippen molar-refractivity contribution < 1.29 is 28.6 Å². The molecule has 11 heteroatoms. The lowest BCUT2D eigenvalue weighted by molar-refractivity contribution is -0.132. The number of thioether (sulfide) groups is 1. The van der Waals surface area contributed by atoms with Crippen LogP contribution >= 0.6 is 23.1 Å². The molecule has 5 rings (SSSR count). The van der Waals surface area contributed by atoms with E-state index in [1.807, 2.05) is 26.0 Å². The smallest absolute Gasteiger partial charge is 0.301 e. The Morgan fingerprint density at radius 1 is 1.09 bits per heavy atom. The summed E-state index contributed by atoms with van der Waals surface area (Å²) in [5.41, 5.74) is 2.28. The number of aliphatic hydroxyl groups is 1. The molecule has 4 aromatic rings. The van der Waals surface area contributed by atoms with Crippen LogP contribution < -0.4 is 14.4 Å². The number of nitrogens with zero attached hydrogens (tertiary/aromatic N) is 3. The predicted octanol–water partition coefficient (Wildman–Crippen LogP) is 6.87. The van der Waals surface area contributed by atoms with Gasteiger partial charge in [-0.2, -0.15) is 0 Å². The molecule has 1 fully saturated rings. The number of halogens is 1. The Morgan fingerprint density at radius 3 is 2.58 bits per heavy atom. The highest BCUT2D eigenvalue weighted by Gasteiger charge is 2.48. The van der Waals surface area contributed by atoms with E-state index in [-0.39, 0.29) is 28.9 Å². The maximum Gasteiger partial charge on any atom is 0.301 e. The second-order valence-electron chi connectivity index (χ2n) is 9.50. The van der Waals surface area contributed by atoms with Crippen LogP contribution in [-0.4, -0.2) is 40.2 Å². The van der Waals surface area contributed by atoms with Crippen LogP contribution in [0.2, 0.25) is 0 Å². The molecule has 0 spiro atoms. The summed E-state index contributed by atoms with van der Waals surface area (Å²) in [6.45, 7) is 8.01. The summed E-state index contributed by atoms with van der Waals surface area (Å²) in [7, 11) is 0. The Labute approximate surface area is 256 Å². The zero-order valence-electron chi connectivity index (χ0n) is 23.5. The number of aliphatic hydroxyl groups excluding tert-OH is 1. The van der Waals surface area contributed by atoms with Gasteiger partial charge in [0, 0.05) is 11.3 Å². The molecule has 0 saturated carbocycles. The maximum atomic E-state index is 14.2. The molecule has 0 aliphatic carbocycles. The van der Waals surface area contributed by atoms with Gasteiger partial charge in [0.15, 0.2) is 15.8 Å². The van der Waals surface area contributed by atoms with Crippen molar-refractivity contribution in [1.82, 2.24) is 10.2 Å². The first-order valence-corrected chi connectivity index (χ1v) is 15.2. The summed E-state index contributed by atoms with van der Waals surface area (Å²) in [5.74, 6) is -1.18. The molecular formula is C32H28FN3O5S2. The van der Waals surface area contributed by atoms with Crippen molar-refractivity contribution in [2.75, 3.05) is 18.1 Å². The van der Waals surface area contributed by atoms with Gasteiger partial charge < -0.3 is 14.6 Å². The third-order valence-corrected chi connectivity index (χ3v) is 8.73. The van der Waals surface area contributed by atoms with Crippen LogP contribution in [0.1, 0.15) is 35.2 Å². The quantitative estimate of drug-likeness (QED) is 0.0486. The second-order valence-corrected chi connectivity index (χ2v) is 11.7. The fourth-order valence-electron chi connectivity index (χ4n) is 4.56. The van der Waals surface area contributed by atoms with E-state index in [2.05, 4.69) is 16.8 Å². The van der Waals surface area contributed by atoms with Gasteiger partial charge in [0.05, 0.1) is 18.2 Å². The summed E-state index contributed by atoms with van der Waals surface area (Å²) in [6, 6.07) is 17.5. The summed E-state index contributed by atoms with van der Waals surface area (Å²) >= 11 is 2.37. The van der Waals surface area contributed by atoms with E-state index >= 15 is 0 Å². The number of hydrogen-bond acceptors (Lipinski definition) is 9. The number of ketones is 1. The number of aromatic nitrogens is 2. The van der Waals surface area contributed by atoms with Gasteiger partial charge in [-0.05, 0) is 43.2 Å². The van der Waals surface area contributed by atoms with E-state index in [4.69, 9.17) is 9.47 Å². The Kier molecular flexibility index (Phi) is 9.22. The van der Waals surface area contributed by atoms with Gasteiger partial charge in [0.2, 0.25) is 5.13 Å². The molecule has 1 N–H and O–H groups in total. The standard InChI is InChI=1S/C32H28FN3O5S2/c1-4-16-41-24-15-14-21(17-25(24)40-5-2)27-26(28(37)20-12-10-19(3)11-13-20)29(38)30(39)36(27)31-34-35-32(43-31)42-18-22-8-6-7-9-23(22)33/h4,6-15,17,27,37H,1,5,16,18H2,2-3H3.